The van der Waals surface area contributed by atoms with E-state index in [0.29, 0.717) is 31.3 Å². The van der Waals surface area contributed by atoms with Crippen LogP contribution >= 0.6 is 11.3 Å². The fourth-order valence-electron chi connectivity index (χ4n) is 2.61. The van der Waals surface area contributed by atoms with Crippen LogP contribution < -0.4 is 14.8 Å². The maximum atomic E-state index is 12.2. The van der Waals surface area contributed by atoms with Gasteiger partial charge in [0.1, 0.15) is 5.01 Å². The Morgan fingerprint density at radius 1 is 1.10 bits per heavy atom. The number of thiazole rings is 1. The van der Waals surface area contributed by atoms with E-state index in [1.807, 2.05) is 49.6 Å². The Balaban J connectivity index is 1.57. The third kappa shape index (κ3) is 5.89. The molecule has 2 aromatic heterocycles. The Bertz CT molecular complexity index is 970. The summed E-state index contributed by atoms with van der Waals surface area (Å²) in [6.45, 7) is 5.34. The van der Waals surface area contributed by atoms with Crippen molar-refractivity contribution in [1.29, 1.82) is 0 Å². The highest BCUT2D eigenvalue weighted by Crippen LogP contribution is 2.29. The molecule has 0 bridgehead atoms. The minimum absolute atomic E-state index is 0.183. The van der Waals surface area contributed by atoms with Crippen LogP contribution in [0.4, 0.5) is 0 Å². The number of rotatable bonds is 9. The number of ether oxygens (including phenoxy) is 2. The molecule has 7 heteroatoms. The first-order chi connectivity index (χ1) is 14.2. The van der Waals surface area contributed by atoms with Crippen molar-refractivity contribution in [3.05, 3.63) is 64.8 Å². The van der Waals surface area contributed by atoms with Crippen LogP contribution in [0.5, 0.6) is 11.5 Å². The molecule has 0 fully saturated rings. The van der Waals surface area contributed by atoms with Gasteiger partial charge in [-0.15, -0.1) is 11.3 Å². The van der Waals surface area contributed by atoms with Gasteiger partial charge in [0.25, 0.3) is 0 Å². The molecule has 0 saturated heterocycles. The van der Waals surface area contributed by atoms with Gasteiger partial charge >= 0.3 is 0 Å². The van der Waals surface area contributed by atoms with Crippen molar-refractivity contribution in [2.24, 2.45) is 0 Å². The maximum Gasteiger partial charge on any atom is 0.244 e. The van der Waals surface area contributed by atoms with Gasteiger partial charge < -0.3 is 14.8 Å². The average molecular weight is 410 g/mol. The fourth-order valence-corrected chi connectivity index (χ4v) is 3.36. The maximum absolute atomic E-state index is 12.2. The molecule has 1 amide bonds. The van der Waals surface area contributed by atoms with Crippen molar-refractivity contribution in [3.8, 4) is 22.8 Å². The quantitative estimate of drug-likeness (QED) is 0.533. The first-order valence-electron chi connectivity index (χ1n) is 9.40. The van der Waals surface area contributed by atoms with Gasteiger partial charge in [-0.3, -0.25) is 9.78 Å². The Morgan fingerprint density at radius 3 is 2.62 bits per heavy atom. The molecule has 3 rings (SSSR count). The summed E-state index contributed by atoms with van der Waals surface area (Å²) < 4.78 is 11.2. The van der Waals surface area contributed by atoms with Gasteiger partial charge in [0.05, 0.1) is 25.5 Å². The molecular formula is C22H23N3O3S. The molecule has 0 spiro atoms. The number of pyridine rings is 1. The summed E-state index contributed by atoms with van der Waals surface area (Å²) >= 11 is 1.51. The monoisotopic (exact) mass is 409 g/mol. The van der Waals surface area contributed by atoms with E-state index in [-0.39, 0.29) is 5.91 Å². The lowest BCUT2D eigenvalue weighted by molar-refractivity contribution is -0.116. The van der Waals surface area contributed by atoms with Crippen LogP contribution in [-0.4, -0.2) is 29.1 Å². The van der Waals surface area contributed by atoms with E-state index >= 15 is 0 Å². The lowest BCUT2D eigenvalue weighted by atomic mass is 10.2. The second-order valence-electron chi connectivity index (χ2n) is 5.99. The van der Waals surface area contributed by atoms with Crippen LogP contribution in [-0.2, 0) is 11.3 Å². The summed E-state index contributed by atoms with van der Waals surface area (Å²) in [6.07, 6.45) is 6.72. The smallest absolute Gasteiger partial charge is 0.244 e. The Labute approximate surface area is 174 Å². The minimum atomic E-state index is -0.183. The second kappa shape index (κ2) is 10.4. The third-order valence-electron chi connectivity index (χ3n) is 3.94. The highest BCUT2D eigenvalue weighted by molar-refractivity contribution is 7.09. The summed E-state index contributed by atoms with van der Waals surface area (Å²) in [7, 11) is 0. The molecule has 150 valence electrons. The van der Waals surface area contributed by atoms with Gasteiger partial charge in [-0.2, -0.15) is 0 Å². The van der Waals surface area contributed by atoms with Crippen LogP contribution in [0.2, 0.25) is 0 Å². The van der Waals surface area contributed by atoms with E-state index in [4.69, 9.17) is 9.47 Å². The summed E-state index contributed by atoms with van der Waals surface area (Å²) in [5.74, 6) is 1.19. The lowest BCUT2D eigenvalue weighted by Crippen LogP contribution is -2.20. The largest absolute Gasteiger partial charge is 0.490 e. The highest BCUT2D eigenvalue weighted by atomic mass is 32.1. The van der Waals surface area contributed by atoms with Crippen molar-refractivity contribution in [2.45, 2.75) is 20.4 Å². The number of benzene rings is 1. The van der Waals surface area contributed by atoms with Gasteiger partial charge in [0.2, 0.25) is 5.91 Å². The molecule has 1 N–H and O–H groups in total. The molecule has 0 aliphatic heterocycles. The van der Waals surface area contributed by atoms with Gasteiger partial charge in [-0.1, -0.05) is 6.07 Å². The van der Waals surface area contributed by atoms with Crippen molar-refractivity contribution in [3.63, 3.8) is 0 Å². The molecule has 0 radical (unpaired) electrons. The topological polar surface area (TPSA) is 73.3 Å². The average Bonchev–Trinajstić information content (AvgIpc) is 3.22. The van der Waals surface area contributed by atoms with Crippen LogP contribution in [0.25, 0.3) is 17.3 Å². The first-order valence-corrected chi connectivity index (χ1v) is 10.3. The van der Waals surface area contributed by atoms with Crippen molar-refractivity contribution in [1.82, 2.24) is 15.3 Å². The van der Waals surface area contributed by atoms with Crippen LogP contribution in [0.15, 0.2) is 54.2 Å². The van der Waals surface area contributed by atoms with E-state index in [9.17, 15) is 4.79 Å². The van der Waals surface area contributed by atoms with E-state index in [2.05, 4.69) is 15.3 Å². The SMILES string of the molecule is CCOc1ccc(/C=C/C(=O)NCc2nc(-c3ccncc3)cs2)cc1OCC. The summed E-state index contributed by atoms with van der Waals surface area (Å²) in [4.78, 5) is 20.7. The van der Waals surface area contributed by atoms with E-state index in [1.54, 1.807) is 18.5 Å². The standard InChI is InChI=1S/C22H23N3O3S/c1-3-27-19-7-5-16(13-20(19)28-4-2)6-8-21(26)24-14-22-25-18(15-29-22)17-9-11-23-12-10-17/h5-13,15H,3-4,14H2,1-2H3,(H,24,26)/b8-6+. The molecule has 0 aliphatic rings. The molecule has 0 saturated carbocycles. The number of hydrogen-bond donors (Lipinski definition) is 1. The Kier molecular flexibility index (Phi) is 7.35. The van der Waals surface area contributed by atoms with Gasteiger partial charge in [0, 0.05) is 29.4 Å². The van der Waals surface area contributed by atoms with Crippen LogP contribution in [0.3, 0.4) is 0 Å². The van der Waals surface area contributed by atoms with Crippen molar-refractivity contribution in [2.75, 3.05) is 13.2 Å². The normalized spacial score (nSPS) is 10.8. The Hall–Kier alpha value is -3.19. The number of carbonyl (C=O) groups excluding carboxylic acids is 1. The highest BCUT2D eigenvalue weighted by Gasteiger charge is 2.07. The van der Waals surface area contributed by atoms with Crippen LogP contribution in [0.1, 0.15) is 24.4 Å². The molecule has 0 unspecified atom stereocenters. The zero-order valence-corrected chi connectivity index (χ0v) is 17.2. The second-order valence-corrected chi connectivity index (χ2v) is 6.93. The first kappa shape index (κ1) is 20.5. The summed E-state index contributed by atoms with van der Waals surface area (Å²) in [5.41, 5.74) is 2.76. The van der Waals surface area contributed by atoms with Crippen molar-refractivity contribution >= 4 is 23.3 Å². The predicted octanol–water partition coefficient (Wildman–Crippen LogP) is 4.33. The molecule has 0 atom stereocenters. The predicted molar refractivity (Wildman–Crippen MR) is 115 cm³/mol. The van der Waals surface area contributed by atoms with E-state index in [0.717, 1.165) is 21.8 Å². The molecule has 1 aromatic carbocycles. The molecule has 3 aromatic rings. The summed E-state index contributed by atoms with van der Waals surface area (Å²) in [6, 6.07) is 9.42. The van der Waals surface area contributed by atoms with Gasteiger partial charge in [-0.05, 0) is 49.8 Å². The number of nitrogens with one attached hydrogen (secondary N) is 1. The molecule has 2 heterocycles. The number of amides is 1. The van der Waals surface area contributed by atoms with E-state index < -0.39 is 0 Å². The van der Waals surface area contributed by atoms with Crippen molar-refractivity contribution < 1.29 is 14.3 Å². The van der Waals surface area contributed by atoms with Gasteiger partial charge in [0.15, 0.2) is 11.5 Å². The zero-order valence-electron chi connectivity index (χ0n) is 16.4. The number of nitrogens with zero attached hydrogens (tertiary/aromatic N) is 2. The lowest BCUT2D eigenvalue weighted by Gasteiger charge is -2.11. The molecule has 29 heavy (non-hydrogen) atoms. The van der Waals surface area contributed by atoms with E-state index in [1.165, 1.54) is 17.4 Å². The fraction of sp³-hybridized carbons (Fsp3) is 0.227. The molecular weight excluding hydrogens is 386 g/mol. The molecule has 6 nitrogen and oxygen atoms in total. The number of carbonyl (C=O) groups is 1. The van der Waals surface area contributed by atoms with Gasteiger partial charge in [-0.25, -0.2) is 4.98 Å². The summed E-state index contributed by atoms with van der Waals surface area (Å²) in [5, 5.41) is 5.68. The Morgan fingerprint density at radius 2 is 1.86 bits per heavy atom. The zero-order chi connectivity index (χ0) is 20.5. The minimum Gasteiger partial charge on any atom is -0.490 e. The number of hydrogen-bond acceptors (Lipinski definition) is 6. The number of aromatic nitrogens is 2. The third-order valence-corrected chi connectivity index (χ3v) is 4.79. The van der Waals surface area contributed by atoms with Crippen LogP contribution in [0, 0.1) is 0 Å². The molecule has 0 aliphatic carbocycles.